The summed E-state index contributed by atoms with van der Waals surface area (Å²) in [4.78, 5) is 19.6. The number of halogens is 2. The number of nitrogens with zero attached hydrogens (tertiary/aromatic N) is 4. The van der Waals surface area contributed by atoms with E-state index in [0.29, 0.717) is 28.2 Å². The Labute approximate surface area is 149 Å². The van der Waals surface area contributed by atoms with Crippen LogP contribution in [0.25, 0.3) is 11.3 Å². The van der Waals surface area contributed by atoms with Crippen LogP contribution in [-0.2, 0) is 9.53 Å². The number of esters is 1. The molecule has 126 valence electrons. The molecule has 1 unspecified atom stereocenters. The predicted octanol–water partition coefficient (Wildman–Crippen LogP) is 4.88. The maximum absolute atomic E-state index is 11.4. The van der Waals surface area contributed by atoms with E-state index in [1.54, 1.807) is 38.1 Å². The predicted molar refractivity (Wildman–Crippen MR) is 92.7 cm³/mol. The molecule has 2 rings (SSSR count). The largest absolute Gasteiger partial charge is 0.466 e. The van der Waals surface area contributed by atoms with Gasteiger partial charge in [-0.05, 0) is 26.0 Å². The van der Waals surface area contributed by atoms with Crippen LogP contribution < -0.4 is 0 Å². The zero-order valence-electron chi connectivity index (χ0n) is 13.2. The fourth-order valence-corrected chi connectivity index (χ4v) is 2.17. The quantitative estimate of drug-likeness (QED) is 0.539. The summed E-state index contributed by atoms with van der Waals surface area (Å²) < 4.78 is 4.87. The van der Waals surface area contributed by atoms with Crippen molar-refractivity contribution in [2.45, 2.75) is 26.3 Å². The molecule has 0 N–H and O–H groups in total. The number of aromatic nitrogens is 2. The van der Waals surface area contributed by atoms with Crippen LogP contribution in [0.4, 0.5) is 5.82 Å². The summed E-state index contributed by atoms with van der Waals surface area (Å²) in [6, 6.07) is 6.61. The summed E-state index contributed by atoms with van der Waals surface area (Å²) in [5, 5.41) is 9.04. The molecule has 1 aromatic carbocycles. The third-order valence-corrected chi connectivity index (χ3v) is 3.73. The van der Waals surface area contributed by atoms with E-state index in [2.05, 4.69) is 20.2 Å². The van der Waals surface area contributed by atoms with Gasteiger partial charge < -0.3 is 4.74 Å². The molecule has 0 radical (unpaired) electrons. The second-order valence-corrected chi connectivity index (χ2v) is 5.78. The van der Waals surface area contributed by atoms with Gasteiger partial charge in [0.2, 0.25) is 0 Å². The number of azo groups is 1. The van der Waals surface area contributed by atoms with Gasteiger partial charge in [0.05, 0.1) is 34.8 Å². The molecule has 1 aromatic heterocycles. The van der Waals surface area contributed by atoms with Gasteiger partial charge in [0, 0.05) is 11.6 Å². The second-order valence-electron chi connectivity index (χ2n) is 4.96. The number of carbonyl (C=O) groups excluding carboxylic acids is 1. The molecule has 0 amide bonds. The van der Waals surface area contributed by atoms with E-state index < -0.39 is 0 Å². The van der Waals surface area contributed by atoms with Crippen LogP contribution in [0.5, 0.6) is 0 Å². The van der Waals surface area contributed by atoms with Gasteiger partial charge in [0.1, 0.15) is 6.33 Å². The van der Waals surface area contributed by atoms with E-state index in [4.69, 9.17) is 27.9 Å². The minimum Gasteiger partial charge on any atom is -0.466 e. The van der Waals surface area contributed by atoms with Gasteiger partial charge in [0.15, 0.2) is 5.82 Å². The molecule has 24 heavy (non-hydrogen) atoms. The lowest BCUT2D eigenvalue weighted by Gasteiger charge is -2.05. The first-order chi connectivity index (χ1) is 11.5. The molecule has 8 heteroatoms. The van der Waals surface area contributed by atoms with Gasteiger partial charge in [-0.15, -0.1) is 5.11 Å². The molecule has 0 aliphatic rings. The van der Waals surface area contributed by atoms with Crippen LogP contribution in [0.2, 0.25) is 10.0 Å². The van der Waals surface area contributed by atoms with Gasteiger partial charge >= 0.3 is 5.97 Å². The summed E-state index contributed by atoms with van der Waals surface area (Å²) >= 11 is 11.9. The summed E-state index contributed by atoms with van der Waals surface area (Å²) in [6.45, 7) is 3.89. The Balaban J connectivity index is 2.11. The first kappa shape index (κ1) is 18.3. The maximum atomic E-state index is 11.4. The van der Waals surface area contributed by atoms with Gasteiger partial charge in [-0.3, -0.25) is 4.79 Å². The van der Waals surface area contributed by atoms with Crippen LogP contribution in [0.15, 0.2) is 40.8 Å². The first-order valence-corrected chi connectivity index (χ1v) is 8.09. The Kier molecular flexibility index (Phi) is 6.63. The fraction of sp³-hybridized carbons (Fsp3) is 0.312. The second kappa shape index (κ2) is 8.70. The van der Waals surface area contributed by atoms with Crippen molar-refractivity contribution < 1.29 is 9.53 Å². The van der Waals surface area contributed by atoms with Crippen molar-refractivity contribution in [2.75, 3.05) is 6.61 Å². The average Bonchev–Trinajstić information content (AvgIpc) is 2.56. The van der Waals surface area contributed by atoms with E-state index in [0.717, 1.165) is 5.56 Å². The lowest BCUT2D eigenvalue weighted by Crippen LogP contribution is -2.10. The molecule has 2 aromatic rings. The molecular weight excluding hydrogens is 351 g/mol. The number of hydrogen-bond acceptors (Lipinski definition) is 6. The summed E-state index contributed by atoms with van der Waals surface area (Å²) in [7, 11) is 0. The monoisotopic (exact) mass is 366 g/mol. The van der Waals surface area contributed by atoms with E-state index in [1.807, 2.05) is 0 Å². The standard InChI is InChI=1S/C16H16Cl2N4O2/c1-3-24-16(23)6-10(2)21-22-15-8-14(19-9-20-15)11-4-5-12(17)13(18)7-11/h4-5,7-10H,3,6H2,1-2H3. The third-order valence-electron chi connectivity index (χ3n) is 2.99. The van der Waals surface area contributed by atoms with E-state index in [9.17, 15) is 4.79 Å². The van der Waals surface area contributed by atoms with Crippen molar-refractivity contribution in [3.8, 4) is 11.3 Å². The number of carbonyl (C=O) groups is 1. The highest BCUT2D eigenvalue weighted by Crippen LogP contribution is 2.28. The SMILES string of the molecule is CCOC(=O)CC(C)N=Nc1cc(-c2ccc(Cl)c(Cl)c2)ncn1. The van der Waals surface area contributed by atoms with Crippen molar-refractivity contribution >= 4 is 35.0 Å². The zero-order chi connectivity index (χ0) is 17.5. The Morgan fingerprint density at radius 3 is 2.75 bits per heavy atom. The van der Waals surface area contributed by atoms with Crippen LogP contribution >= 0.6 is 23.2 Å². The first-order valence-electron chi connectivity index (χ1n) is 7.33. The molecule has 0 spiro atoms. The van der Waals surface area contributed by atoms with E-state index in [1.165, 1.54) is 6.33 Å². The summed E-state index contributed by atoms with van der Waals surface area (Å²) in [5.74, 6) is 0.0879. The van der Waals surface area contributed by atoms with Crippen LogP contribution in [0.1, 0.15) is 20.3 Å². The lowest BCUT2D eigenvalue weighted by molar-refractivity contribution is -0.143. The summed E-state index contributed by atoms with van der Waals surface area (Å²) in [5.41, 5.74) is 1.44. The molecule has 0 aliphatic carbocycles. The van der Waals surface area contributed by atoms with Gasteiger partial charge in [0.25, 0.3) is 0 Å². The van der Waals surface area contributed by atoms with Crippen LogP contribution in [0, 0.1) is 0 Å². The fourth-order valence-electron chi connectivity index (χ4n) is 1.87. The normalized spacial score (nSPS) is 12.3. The molecule has 0 aliphatic heterocycles. The molecule has 1 atom stereocenters. The third kappa shape index (κ3) is 5.25. The maximum Gasteiger partial charge on any atom is 0.308 e. The van der Waals surface area contributed by atoms with Crippen molar-refractivity contribution in [1.82, 2.24) is 9.97 Å². The average molecular weight is 367 g/mol. The number of hydrogen-bond donors (Lipinski definition) is 0. The minimum absolute atomic E-state index is 0.169. The van der Waals surface area contributed by atoms with Crippen molar-refractivity contribution in [1.29, 1.82) is 0 Å². The van der Waals surface area contributed by atoms with E-state index in [-0.39, 0.29) is 18.4 Å². The lowest BCUT2D eigenvalue weighted by atomic mass is 10.1. The Morgan fingerprint density at radius 2 is 2.04 bits per heavy atom. The minimum atomic E-state index is -0.303. The molecule has 0 saturated carbocycles. The van der Waals surface area contributed by atoms with Crippen molar-refractivity contribution in [2.24, 2.45) is 10.2 Å². The number of benzene rings is 1. The molecule has 0 fully saturated rings. The smallest absolute Gasteiger partial charge is 0.308 e. The Hall–Kier alpha value is -2.05. The van der Waals surface area contributed by atoms with E-state index >= 15 is 0 Å². The number of ether oxygens (including phenoxy) is 1. The molecule has 0 saturated heterocycles. The molecule has 1 heterocycles. The zero-order valence-corrected chi connectivity index (χ0v) is 14.8. The number of rotatable bonds is 6. The highest BCUT2D eigenvalue weighted by molar-refractivity contribution is 6.42. The van der Waals surface area contributed by atoms with Gasteiger partial charge in [-0.1, -0.05) is 29.3 Å². The molecular formula is C16H16Cl2N4O2. The van der Waals surface area contributed by atoms with Crippen molar-refractivity contribution in [3.05, 3.63) is 40.6 Å². The molecule has 0 bridgehead atoms. The molecule has 6 nitrogen and oxygen atoms in total. The summed E-state index contributed by atoms with van der Waals surface area (Å²) in [6.07, 6.45) is 1.56. The van der Waals surface area contributed by atoms with Gasteiger partial charge in [-0.2, -0.15) is 5.11 Å². The van der Waals surface area contributed by atoms with Crippen LogP contribution in [-0.4, -0.2) is 28.6 Å². The Bertz CT molecular complexity index is 753. The van der Waals surface area contributed by atoms with Gasteiger partial charge in [-0.25, -0.2) is 9.97 Å². The highest BCUT2D eigenvalue weighted by Gasteiger charge is 2.09. The highest BCUT2D eigenvalue weighted by atomic mass is 35.5. The van der Waals surface area contributed by atoms with Crippen LogP contribution in [0.3, 0.4) is 0 Å². The van der Waals surface area contributed by atoms with Crippen molar-refractivity contribution in [3.63, 3.8) is 0 Å². The Morgan fingerprint density at radius 1 is 1.25 bits per heavy atom. The topological polar surface area (TPSA) is 76.8 Å².